The second-order valence-electron chi connectivity index (χ2n) is 2.33. The van der Waals surface area contributed by atoms with Crippen LogP contribution < -0.4 is 4.74 Å². The molecule has 3 nitrogen and oxygen atoms in total. The Morgan fingerprint density at radius 2 is 2.29 bits per heavy atom. The van der Waals surface area contributed by atoms with Gasteiger partial charge in [-0.2, -0.15) is 5.26 Å². The lowest BCUT2D eigenvalue weighted by molar-refractivity contribution is 0.149. The Labute approximate surface area is 92.8 Å². The summed E-state index contributed by atoms with van der Waals surface area (Å²) in [6.45, 7) is 0. The summed E-state index contributed by atoms with van der Waals surface area (Å²) in [5, 5.41) is 8.62. The van der Waals surface area contributed by atoms with Gasteiger partial charge < -0.3 is 4.74 Å². The highest BCUT2D eigenvalue weighted by molar-refractivity contribution is 14.1. The highest BCUT2D eigenvalue weighted by Gasteiger charge is 2.17. The molecule has 0 fully saturated rings. The molecule has 0 aromatic carbocycles. The average molecular weight is 310 g/mol. The van der Waals surface area contributed by atoms with Crippen molar-refractivity contribution >= 4 is 22.6 Å². The smallest absolute Gasteiger partial charge is 0.266 e. The minimum absolute atomic E-state index is 0.0151. The van der Waals surface area contributed by atoms with Gasteiger partial charge in [0, 0.05) is 0 Å². The van der Waals surface area contributed by atoms with E-state index in [2.05, 4.69) is 4.98 Å². The van der Waals surface area contributed by atoms with E-state index in [0.29, 0.717) is 0 Å². The van der Waals surface area contributed by atoms with Crippen LogP contribution in [0.25, 0.3) is 0 Å². The first-order valence-electron chi connectivity index (χ1n) is 3.52. The Morgan fingerprint density at radius 1 is 1.64 bits per heavy atom. The zero-order valence-corrected chi connectivity index (χ0v) is 9.25. The van der Waals surface area contributed by atoms with Gasteiger partial charge >= 0.3 is 0 Å². The molecule has 0 unspecified atom stereocenters. The molecule has 0 bridgehead atoms. The maximum absolute atomic E-state index is 12.4. The molecule has 14 heavy (non-hydrogen) atoms. The van der Waals surface area contributed by atoms with Gasteiger partial charge in [0.1, 0.15) is 9.77 Å². The van der Waals surface area contributed by atoms with Crippen molar-refractivity contribution in [3.8, 4) is 11.8 Å². The summed E-state index contributed by atoms with van der Waals surface area (Å²) in [5.74, 6) is 0.0724. The third-order valence-corrected chi connectivity index (χ3v) is 2.39. The van der Waals surface area contributed by atoms with Crippen molar-refractivity contribution in [1.29, 1.82) is 5.26 Å². The second kappa shape index (κ2) is 4.50. The number of alkyl halides is 2. The van der Waals surface area contributed by atoms with Crippen LogP contribution in [0.5, 0.6) is 5.75 Å². The van der Waals surface area contributed by atoms with Gasteiger partial charge in [0.25, 0.3) is 6.43 Å². The van der Waals surface area contributed by atoms with Gasteiger partial charge in [0.05, 0.1) is 12.7 Å². The molecule has 0 saturated carbocycles. The fraction of sp³-hybridized carbons (Fsp3) is 0.250. The SMILES string of the molecule is COc1cc(C(F)F)c(I)nc1C#N. The van der Waals surface area contributed by atoms with Crippen molar-refractivity contribution in [2.75, 3.05) is 7.11 Å². The Balaban J connectivity index is 3.32. The van der Waals surface area contributed by atoms with Gasteiger partial charge in [-0.15, -0.1) is 0 Å². The quantitative estimate of drug-likeness (QED) is 0.623. The molecule has 1 heterocycles. The fourth-order valence-electron chi connectivity index (χ4n) is 0.876. The third-order valence-electron chi connectivity index (χ3n) is 1.53. The Hall–Kier alpha value is -0.970. The van der Waals surface area contributed by atoms with Crippen LogP contribution in [0.2, 0.25) is 0 Å². The van der Waals surface area contributed by atoms with Gasteiger partial charge in [-0.1, -0.05) is 0 Å². The number of ether oxygens (including phenoxy) is 1. The summed E-state index contributed by atoms with van der Waals surface area (Å²) in [5.41, 5.74) is -0.206. The maximum atomic E-state index is 12.4. The Bertz CT molecular complexity index is 389. The normalized spacial score (nSPS) is 10.0. The lowest BCUT2D eigenvalue weighted by Crippen LogP contribution is -1.99. The van der Waals surface area contributed by atoms with E-state index >= 15 is 0 Å². The molecule has 0 aliphatic rings. The summed E-state index contributed by atoms with van der Waals surface area (Å²) in [4.78, 5) is 3.70. The van der Waals surface area contributed by atoms with E-state index in [0.717, 1.165) is 6.07 Å². The molecule has 0 spiro atoms. The number of nitrogens with zero attached hydrogens (tertiary/aromatic N) is 2. The number of halogens is 3. The van der Waals surface area contributed by atoms with Crippen molar-refractivity contribution in [3.63, 3.8) is 0 Å². The van der Waals surface area contributed by atoms with Crippen LogP contribution in [-0.4, -0.2) is 12.1 Å². The molecule has 6 heteroatoms. The summed E-state index contributed by atoms with van der Waals surface area (Å²) in [6.07, 6.45) is -2.61. The molecular formula is C8H5F2IN2O. The standard InChI is InChI=1S/C8H5F2IN2O/c1-14-6-2-4(7(9)10)8(11)13-5(6)3-12/h2,7H,1H3. The number of hydrogen-bond acceptors (Lipinski definition) is 3. The molecule has 1 rings (SSSR count). The molecule has 0 atom stereocenters. The lowest BCUT2D eigenvalue weighted by Gasteiger charge is -2.06. The highest BCUT2D eigenvalue weighted by Crippen LogP contribution is 2.28. The first-order chi connectivity index (χ1) is 6.60. The first kappa shape index (κ1) is 11.1. The van der Waals surface area contributed by atoms with Gasteiger partial charge in [-0.25, -0.2) is 13.8 Å². The van der Waals surface area contributed by atoms with E-state index < -0.39 is 6.43 Å². The molecule has 0 saturated heterocycles. The molecule has 1 aromatic rings. The Morgan fingerprint density at radius 3 is 2.71 bits per heavy atom. The van der Waals surface area contributed by atoms with Crippen LogP contribution >= 0.6 is 22.6 Å². The molecule has 0 amide bonds. The predicted molar refractivity (Wildman–Crippen MR) is 53.2 cm³/mol. The van der Waals surface area contributed by atoms with E-state index in [4.69, 9.17) is 10.00 Å². The van der Waals surface area contributed by atoms with Crippen molar-refractivity contribution in [2.24, 2.45) is 0 Å². The minimum Gasteiger partial charge on any atom is -0.494 e. The van der Waals surface area contributed by atoms with E-state index in [1.807, 2.05) is 0 Å². The predicted octanol–water partition coefficient (Wildman–Crippen LogP) is 2.50. The van der Waals surface area contributed by atoms with Crippen molar-refractivity contribution < 1.29 is 13.5 Å². The van der Waals surface area contributed by atoms with Crippen LogP contribution in [-0.2, 0) is 0 Å². The lowest BCUT2D eigenvalue weighted by atomic mass is 10.2. The molecule has 1 aromatic heterocycles. The largest absolute Gasteiger partial charge is 0.494 e. The Kier molecular flexibility index (Phi) is 3.57. The van der Waals surface area contributed by atoms with Crippen LogP contribution in [0, 0.1) is 15.0 Å². The van der Waals surface area contributed by atoms with E-state index in [1.165, 1.54) is 7.11 Å². The summed E-state index contributed by atoms with van der Waals surface area (Å²) >= 11 is 1.66. The molecule has 0 aliphatic carbocycles. The van der Waals surface area contributed by atoms with E-state index in [9.17, 15) is 8.78 Å². The molecule has 74 valence electrons. The number of rotatable bonds is 2. The zero-order chi connectivity index (χ0) is 10.7. The summed E-state index contributed by atoms with van der Waals surface area (Å²) in [7, 11) is 1.31. The molecule has 0 aliphatic heterocycles. The van der Waals surface area contributed by atoms with Gasteiger partial charge in [-0.05, 0) is 28.7 Å². The monoisotopic (exact) mass is 310 g/mol. The number of hydrogen-bond donors (Lipinski definition) is 0. The fourth-order valence-corrected chi connectivity index (χ4v) is 1.51. The second-order valence-corrected chi connectivity index (χ2v) is 3.35. The van der Waals surface area contributed by atoms with E-state index in [1.54, 1.807) is 28.7 Å². The van der Waals surface area contributed by atoms with Crippen molar-refractivity contribution in [1.82, 2.24) is 4.98 Å². The van der Waals surface area contributed by atoms with Crippen molar-refractivity contribution in [3.05, 3.63) is 21.0 Å². The molecule has 0 radical (unpaired) electrons. The maximum Gasteiger partial charge on any atom is 0.266 e. The first-order valence-corrected chi connectivity index (χ1v) is 4.60. The number of pyridine rings is 1. The van der Waals surface area contributed by atoms with Gasteiger partial charge in [0.15, 0.2) is 11.4 Å². The average Bonchev–Trinajstić information content (AvgIpc) is 2.16. The van der Waals surface area contributed by atoms with Gasteiger partial charge in [-0.3, -0.25) is 0 Å². The number of nitriles is 1. The van der Waals surface area contributed by atoms with Crippen molar-refractivity contribution in [2.45, 2.75) is 6.43 Å². The summed E-state index contributed by atoms with van der Waals surface area (Å²) in [6, 6.07) is 2.90. The highest BCUT2D eigenvalue weighted by atomic mass is 127. The molecular weight excluding hydrogens is 305 g/mol. The number of aromatic nitrogens is 1. The van der Waals surface area contributed by atoms with Crippen LogP contribution in [0.4, 0.5) is 8.78 Å². The van der Waals surface area contributed by atoms with Crippen LogP contribution in [0.3, 0.4) is 0 Å². The minimum atomic E-state index is -2.61. The topological polar surface area (TPSA) is 45.9 Å². The van der Waals surface area contributed by atoms with Crippen LogP contribution in [0.1, 0.15) is 17.7 Å². The summed E-state index contributed by atoms with van der Waals surface area (Å²) < 4.78 is 29.7. The van der Waals surface area contributed by atoms with Crippen LogP contribution in [0.15, 0.2) is 6.07 Å². The van der Waals surface area contributed by atoms with Gasteiger partial charge in [0.2, 0.25) is 0 Å². The number of methoxy groups -OCH3 is 1. The third kappa shape index (κ3) is 2.09. The molecule has 0 N–H and O–H groups in total. The zero-order valence-electron chi connectivity index (χ0n) is 7.09. The van der Waals surface area contributed by atoms with E-state index in [-0.39, 0.29) is 20.7 Å².